The number of carbonyl (C=O) groups excluding carboxylic acids is 2. The topological polar surface area (TPSA) is 83.4 Å². The van der Waals surface area contributed by atoms with E-state index in [1.807, 2.05) is 0 Å². The van der Waals surface area contributed by atoms with Gasteiger partial charge in [0.25, 0.3) is 5.91 Å². The normalized spacial score (nSPS) is 10.6. The van der Waals surface area contributed by atoms with Crippen molar-refractivity contribution >= 4 is 29.1 Å². The van der Waals surface area contributed by atoms with Gasteiger partial charge in [-0.2, -0.15) is 0 Å². The average molecular weight is 416 g/mol. The number of rotatable bonds is 7. The van der Waals surface area contributed by atoms with Crippen molar-refractivity contribution in [2.24, 2.45) is 0 Å². The third kappa shape index (κ3) is 5.01. The number of hydrogen-bond acceptors (Lipinski definition) is 4. The van der Waals surface area contributed by atoms with Crippen LogP contribution < -0.4 is 16.0 Å². The minimum Gasteiger partial charge on any atom is -0.460 e. The van der Waals surface area contributed by atoms with E-state index in [-0.39, 0.29) is 29.9 Å². The fourth-order valence-corrected chi connectivity index (χ4v) is 2.95. The number of hydrogen-bond donors (Lipinski definition) is 3. The molecule has 0 atom stereocenters. The highest BCUT2D eigenvalue weighted by Gasteiger charge is 2.13. The lowest BCUT2D eigenvalue weighted by Crippen LogP contribution is -2.29. The summed E-state index contributed by atoms with van der Waals surface area (Å²) < 4.78 is 19.3. The summed E-state index contributed by atoms with van der Waals surface area (Å²) in [4.78, 5) is 24.0. The van der Waals surface area contributed by atoms with Gasteiger partial charge in [-0.3, -0.25) is 9.59 Å². The third-order valence-electron chi connectivity index (χ3n) is 4.14. The Morgan fingerprint density at radius 2 is 1.86 bits per heavy atom. The van der Waals surface area contributed by atoms with E-state index in [0.29, 0.717) is 28.3 Å². The first kappa shape index (κ1) is 20.6. The highest BCUT2D eigenvalue weighted by Crippen LogP contribution is 2.31. The second-order valence-corrected chi connectivity index (χ2v) is 6.52. The smallest absolute Gasteiger partial charge is 0.253 e. The zero-order valence-corrected chi connectivity index (χ0v) is 16.3. The maximum atomic E-state index is 13.6. The molecule has 0 aliphatic rings. The van der Waals surface area contributed by atoms with Gasteiger partial charge >= 0.3 is 0 Å². The number of anilines is 1. The van der Waals surface area contributed by atoms with Gasteiger partial charge in [-0.25, -0.2) is 4.39 Å². The molecule has 2 aromatic carbocycles. The first-order valence-electron chi connectivity index (χ1n) is 8.84. The van der Waals surface area contributed by atoms with E-state index in [0.717, 1.165) is 0 Å². The summed E-state index contributed by atoms with van der Waals surface area (Å²) in [6, 6.07) is 14.7. The van der Waals surface area contributed by atoms with Crippen LogP contribution >= 0.6 is 11.6 Å². The van der Waals surface area contributed by atoms with Crippen LogP contribution in [0.3, 0.4) is 0 Å². The Morgan fingerprint density at radius 1 is 1.07 bits per heavy atom. The Balaban J connectivity index is 1.56. The van der Waals surface area contributed by atoms with Crippen molar-refractivity contribution in [2.75, 3.05) is 18.9 Å². The van der Waals surface area contributed by atoms with Gasteiger partial charge < -0.3 is 20.4 Å². The predicted molar refractivity (Wildman–Crippen MR) is 109 cm³/mol. The van der Waals surface area contributed by atoms with Crippen molar-refractivity contribution in [3.8, 4) is 11.3 Å². The fraction of sp³-hybridized carbons (Fsp3) is 0.143. The van der Waals surface area contributed by atoms with E-state index in [2.05, 4.69) is 16.0 Å². The zero-order valence-electron chi connectivity index (χ0n) is 15.6. The van der Waals surface area contributed by atoms with E-state index in [4.69, 9.17) is 16.0 Å². The summed E-state index contributed by atoms with van der Waals surface area (Å²) in [6.45, 7) is 0.302. The van der Waals surface area contributed by atoms with Gasteiger partial charge in [0.1, 0.15) is 17.3 Å². The molecular weight excluding hydrogens is 397 g/mol. The molecule has 29 heavy (non-hydrogen) atoms. The van der Waals surface area contributed by atoms with Crippen LogP contribution in [-0.4, -0.2) is 25.4 Å². The quantitative estimate of drug-likeness (QED) is 0.547. The molecule has 150 valence electrons. The Bertz CT molecular complexity index is 1040. The number of benzene rings is 2. The second-order valence-electron chi connectivity index (χ2n) is 6.14. The van der Waals surface area contributed by atoms with Crippen molar-refractivity contribution < 1.29 is 18.4 Å². The van der Waals surface area contributed by atoms with Gasteiger partial charge in [-0.05, 0) is 36.4 Å². The van der Waals surface area contributed by atoms with E-state index in [1.165, 1.54) is 13.1 Å². The zero-order chi connectivity index (χ0) is 20.8. The highest BCUT2D eigenvalue weighted by molar-refractivity contribution is 6.33. The highest BCUT2D eigenvalue weighted by atomic mass is 35.5. The van der Waals surface area contributed by atoms with Gasteiger partial charge in [-0.15, -0.1) is 0 Å². The lowest BCUT2D eigenvalue weighted by atomic mass is 10.1. The van der Waals surface area contributed by atoms with E-state index < -0.39 is 5.82 Å². The van der Waals surface area contributed by atoms with Crippen LogP contribution in [0.2, 0.25) is 5.02 Å². The van der Waals surface area contributed by atoms with Gasteiger partial charge in [-0.1, -0.05) is 29.8 Å². The van der Waals surface area contributed by atoms with E-state index in [1.54, 1.807) is 48.5 Å². The molecule has 6 nitrogen and oxygen atoms in total. The summed E-state index contributed by atoms with van der Waals surface area (Å²) in [5.41, 5.74) is 1.27. The lowest BCUT2D eigenvalue weighted by Gasteiger charge is -2.10. The monoisotopic (exact) mass is 415 g/mol. The molecule has 3 aromatic rings. The SMILES string of the molecule is CNC(=O)c1ccccc1NC(=O)CNCc1ccc(-c2cccc(F)c2Cl)o1. The first-order valence-corrected chi connectivity index (χ1v) is 9.22. The van der Waals surface area contributed by atoms with Crippen LogP contribution in [0.1, 0.15) is 16.1 Å². The van der Waals surface area contributed by atoms with Crippen LogP contribution in [0.25, 0.3) is 11.3 Å². The number of nitrogens with one attached hydrogen (secondary N) is 3. The van der Waals surface area contributed by atoms with Gasteiger partial charge in [0.05, 0.1) is 29.4 Å². The Labute approximate surface area is 172 Å². The summed E-state index contributed by atoms with van der Waals surface area (Å²) in [5.74, 6) is -0.0996. The molecule has 0 bridgehead atoms. The average Bonchev–Trinajstić information content (AvgIpc) is 3.18. The van der Waals surface area contributed by atoms with Crippen LogP contribution in [-0.2, 0) is 11.3 Å². The number of carbonyl (C=O) groups is 2. The molecule has 0 saturated heterocycles. The maximum Gasteiger partial charge on any atom is 0.253 e. The molecule has 0 aliphatic carbocycles. The second kappa shape index (κ2) is 9.36. The third-order valence-corrected chi connectivity index (χ3v) is 4.52. The number of halogens is 2. The van der Waals surface area contributed by atoms with Crippen molar-refractivity contribution in [1.82, 2.24) is 10.6 Å². The van der Waals surface area contributed by atoms with Crippen LogP contribution in [0, 0.1) is 5.82 Å². The minimum atomic E-state index is -0.519. The molecule has 8 heteroatoms. The molecule has 3 rings (SSSR count). The Morgan fingerprint density at radius 3 is 2.66 bits per heavy atom. The molecule has 0 aliphatic heterocycles. The Kier molecular flexibility index (Phi) is 6.64. The van der Waals surface area contributed by atoms with Crippen LogP contribution in [0.5, 0.6) is 0 Å². The molecule has 1 heterocycles. The number of amides is 2. The van der Waals surface area contributed by atoms with Gasteiger partial charge in [0, 0.05) is 12.6 Å². The molecule has 0 unspecified atom stereocenters. The maximum absolute atomic E-state index is 13.6. The lowest BCUT2D eigenvalue weighted by molar-refractivity contribution is -0.115. The summed E-state index contributed by atoms with van der Waals surface area (Å²) in [6.07, 6.45) is 0. The summed E-state index contributed by atoms with van der Waals surface area (Å²) >= 11 is 5.97. The molecular formula is C21H19ClFN3O3. The predicted octanol–water partition coefficient (Wildman–Crippen LogP) is 3.83. The van der Waals surface area contributed by atoms with Crippen LogP contribution in [0.4, 0.5) is 10.1 Å². The molecule has 0 spiro atoms. The summed E-state index contributed by atoms with van der Waals surface area (Å²) in [5, 5.41) is 8.19. The molecule has 0 saturated carbocycles. The molecule has 2 amide bonds. The van der Waals surface area contributed by atoms with Gasteiger partial charge in [0.15, 0.2) is 0 Å². The molecule has 1 aromatic heterocycles. The van der Waals surface area contributed by atoms with E-state index >= 15 is 0 Å². The first-order chi connectivity index (χ1) is 14.0. The van der Waals surface area contributed by atoms with Crippen LogP contribution in [0.15, 0.2) is 59.0 Å². The molecule has 0 fully saturated rings. The number of furan rings is 1. The largest absolute Gasteiger partial charge is 0.460 e. The summed E-state index contributed by atoms with van der Waals surface area (Å²) in [7, 11) is 1.52. The van der Waals surface area contributed by atoms with Crippen molar-refractivity contribution in [3.63, 3.8) is 0 Å². The fourth-order valence-electron chi connectivity index (χ4n) is 2.73. The number of para-hydroxylation sites is 1. The molecule has 3 N–H and O–H groups in total. The molecule has 0 radical (unpaired) electrons. The van der Waals surface area contributed by atoms with E-state index in [9.17, 15) is 14.0 Å². The van der Waals surface area contributed by atoms with Crippen molar-refractivity contribution in [3.05, 3.63) is 76.8 Å². The minimum absolute atomic E-state index is 0.00415. The Hall–Kier alpha value is -3.16. The van der Waals surface area contributed by atoms with Gasteiger partial charge in [0.2, 0.25) is 5.91 Å². The van der Waals surface area contributed by atoms with Crippen molar-refractivity contribution in [1.29, 1.82) is 0 Å². The standard InChI is InChI=1S/C21H19ClFN3O3/c1-24-21(28)14-5-2-3-8-17(14)26-19(27)12-25-11-13-9-10-18(29-13)15-6-4-7-16(23)20(15)22/h2-10,25H,11-12H2,1H3,(H,24,28)(H,26,27). The van der Waals surface area contributed by atoms with Crippen molar-refractivity contribution in [2.45, 2.75) is 6.54 Å².